The average Bonchev–Trinajstić information content (AvgIpc) is 2.76. The van der Waals surface area contributed by atoms with Crippen LogP contribution in [0.1, 0.15) is 18.1 Å². The minimum atomic E-state index is 0.419. The molecule has 28 heavy (non-hydrogen) atoms. The van der Waals surface area contributed by atoms with Crippen LogP contribution in [0.2, 0.25) is 0 Å². The third kappa shape index (κ3) is 5.58. The number of hydrogen-bond acceptors (Lipinski definition) is 6. The van der Waals surface area contributed by atoms with Crippen molar-refractivity contribution in [2.45, 2.75) is 6.92 Å². The smallest absolute Gasteiger partial charge is 0.146 e. The predicted octanol–water partition coefficient (Wildman–Crippen LogP) is 4.25. The van der Waals surface area contributed by atoms with Crippen molar-refractivity contribution < 1.29 is 9.47 Å². The fourth-order valence-electron chi connectivity index (χ4n) is 2.37. The van der Waals surface area contributed by atoms with Crippen molar-refractivity contribution in [3.05, 3.63) is 84.1 Å². The molecule has 1 heterocycles. The minimum Gasteiger partial charge on any atom is -0.490 e. The van der Waals surface area contributed by atoms with E-state index in [2.05, 4.69) is 21.6 Å². The molecule has 3 aromatic rings. The monoisotopic (exact) mass is 372 g/mol. The number of anilines is 1. The number of nitrogens with one attached hydrogen (secondary N) is 1. The Hall–Kier alpha value is -3.85. The van der Waals surface area contributed by atoms with Crippen LogP contribution in [0.4, 0.5) is 5.82 Å². The van der Waals surface area contributed by atoms with E-state index in [1.165, 1.54) is 0 Å². The van der Waals surface area contributed by atoms with Gasteiger partial charge >= 0.3 is 0 Å². The molecule has 6 heteroatoms. The maximum atomic E-state index is 8.78. The van der Waals surface area contributed by atoms with Crippen LogP contribution in [-0.2, 0) is 0 Å². The standard InChI is InChI=1S/C22H20N4O2/c1-17(25-26-22-4-2-3-13-24-22)19-7-11-21(12-8-19)28-15-14-27-20-9-5-18(16-23)6-10-20/h2-13H,14-15H2,1H3,(H,24,26)/b25-17-. The molecule has 0 amide bonds. The molecule has 2 aromatic carbocycles. The van der Waals surface area contributed by atoms with Crippen molar-refractivity contribution in [1.82, 2.24) is 4.98 Å². The highest BCUT2D eigenvalue weighted by molar-refractivity contribution is 5.99. The fourth-order valence-corrected chi connectivity index (χ4v) is 2.37. The van der Waals surface area contributed by atoms with Gasteiger partial charge < -0.3 is 9.47 Å². The zero-order valence-electron chi connectivity index (χ0n) is 15.5. The first-order chi connectivity index (χ1) is 13.7. The van der Waals surface area contributed by atoms with Gasteiger partial charge in [0, 0.05) is 6.20 Å². The van der Waals surface area contributed by atoms with E-state index < -0.39 is 0 Å². The van der Waals surface area contributed by atoms with Crippen LogP contribution in [0.3, 0.4) is 0 Å². The van der Waals surface area contributed by atoms with Crippen LogP contribution in [0.25, 0.3) is 0 Å². The molecule has 3 rings (SSSR count). The Balaban J connectivity index is 1.45. The van der Waals surface area contributed by atoms with Gasteiger partial charge in [-0.2, -0.15) is 10.4 Å². The fraction of sp³-hybridized carbons (Fsp3) is 0.136. The first-order valence-corrected chi connectivity index (χ1v) is 8.82. The van der Waals surface area contributed by atoms with Gasteiger partial charge in [-0.3, -0.25) is 5.43 Å². The van der Waals surface area contributed by atoms with Crippen LogP contribution in [0.5, 0.6) is 11.5 Å². The maximum Gasteiger partial charge on any atom is 0.146 e. The largest absolute Gasteiger partial charge is 0.490 e. The zero-order valence-corrected chi connectivity index (χ0v) is 15.5. The van der Waals surface area contributed by atoms with Crippen LogP contribution in [-0.4, -0.2) is 23.9 Å². The maximum absolute atomic E-state index is 8.78. The van der Waals surface area contributed by atoms with E-state index in [1.54, 1.807) is 30.5 Å². The third-order valence-electron chi connectivity index (χ3n) is 3.88. The highest BCUT2D eigenvalue weighted by Crippen LogP contribution is 2.14. The van der Waals surface area contributed by atoms with Crippen molar-refractivity contribution in [1.29, 1.82) is 5.26 Å². The number of hydrogen-bond donors (Lipinski definition) is 1. The summed E-state index contributed by atoms with van der Waals surface area (Å²) in [4.78, 5) is 4.17. The number of ether oxygens (including phenoxy) is 2. The predicted molar refractivity (Wildman–Crippen MR) is 109 cm³/mol. The number of nitrogens with zero attached hydrogens (tertiary/aromatic N) is 3. The van der Waals surface area contributed by atoms with Gasteiger partial charge in [-0.15, -0.1) is 0 Å². The first-order valence-electron chi connectivity index (χ1n) is 8.82. The van der Waals surface area contributed by atoms with Crippen molar-refractivity contribution in [3.8, 4) is 17.6 Å². The summed E-state index contributed by atoms with van der Waals surface area (Å²) in [6.07, 6.45) is 1.71. The van der Waals surface area contributed by atoms with E-state index in [4.69, 9.17) is 14.7 Å². The quantitative estimate of drug-likeness (QED) is 0.363. The van der Waals surface area contributed by atoms with E-state index >= 15 is 0 Å². The number of rotatable bonds is 8. The lowest BCUT2D eigenvalue weighted by Crippen LogP contribution is -2.09. The SMILES string of the molecule is C/C(=N/Nc1ccccn1)c1ccc(OCCOc2ccc(C#N)cc2)cc1. The Morgan fingerprint density at radius 1 is 0.964 bits per heavy atom. The number of nitriles is 1. The van der Waals surface area contributed by atoms with Crippen LogP contribution < -0.4 is 14.9 Å². The van der Waals surface area contributed by atoms with Crippen LogP contribution in [0, 0.1) is 11.3 Å². The molecule has 1 aromatic heterocycles. The Kier molecular flexibility index (Phi) is 6.58. The summed E-state index contributed by atoms with van der Waals surface area (Å²) in [6.45, 7) is 2.77. The molecule has 0 aliphatic heterocycles. The number of hydrazone groups is 1. The Bertz CT molecular complexity index is 947. The van der Waals surface area contributed by atoms with Crippen LogP contribution in [0.15, 0.2) is 78.0 Å². The molecular weight excluding hydrogens is 352 g/mol. The molecule has 140 valence electrons. The second kappa shape index (κ2) is 9.74. The summed E-state index contributed by atoms with van der Waals surface area (Å²) < 4.78 is 11.3. The van der Waals surface area contributed by atoms with E-state index in [0.717, 1.165) is 17.0 Å². The third-order valence-corrected chi connectivity index (χ3v) is 3.88. The van der Waals surface area contributed by atoms with Crippen molar-refractivity contribution in [2.75, 3.05) is 18.6 Å². The van der Waals surface area contributed by atoms with Gasteiger partial charge in [-0.25, -0.2) is 4.98 Å². The van der Waals surface area contributed by atoms with Crippen molar-refractivity contribution in [3.63, 3.8) is 0 Å². The number of pyridine rings is 1. The summed E-state index contributed by atoms with van der Waals surface area (Å²) in [5, 5.41) is 13.1. The Morgan fingerprint density at radius 3 is 2.18 bits per heavy atom. The Morgan fingerprint density at radius 2 is 1.61 bits per heavy atom. The summed E-state index contributed by atoms with van der Waals surface area (Å²) in [5.74, 6) is 2.17. The van der Waals surface area contributed by atoms with Gasteiger partial charge in [0.15, 0.2) is 0 Å². The molecule has 0 unspecified atom stereocenters. The van der Waals surface area contributed by atoms with Gasteiger partial charge in [0.05, 0.1) is 17.3 Å². The minimum absolute atomic E-state index is 0.419. The molecule has 0 spiro atoms. The van der Waals surface area contributed by atoms with E-state index in [-0.39, 0.29) is 0 Å². The second-order valence-corrected chi connectivity index (χ2v) is 5.88. The van der Waals surface area contributed by atoms with Gasteiger partial charge in [0.25, 0.3) is 0 Å². The average molecular weight is 372 g/mol. The molecule has 0 aliphatic rings. The molecule has 0 fully saturated rings. The van der Waals surface area contributed by atoms with Gasteiger partial charge in [0.2, 0.25) is 0 Å². The summed E-state index contributed by atoms with van der Waals surface area (Å²) in [6, 6.07) is 22.4. The van der Waals surface area contributed by atoms with Gasteiger partial charge in [-0.05, 0) is 73.2 Å². The topological polar surface area (TPSA) is 79.5 Å². The summed E-state index contributed by atoms with van der Waals surface area (Å²) in [7, 11) is 0. The lowest BCUT2D eigenvalue weighted by atomic mass is 10.1. The summed E-state index contributed by atoms with van der Waals surface area (Å²) >= 11 is 0. The molecule has 0 saturated carbocycles. The highest BCUT2D eigenvalue weighted by Gasteiger charge is 2.00. The normalized spacial score (nSPS) is 10.8. The second-order valence-electron chi connectivity index (χ2n) is 5.88. The van der Waals surface area contributed by atoms with E-state index in [9.17, 15) is 0 Å². The molecule has 1 N–H and O–H groups in total. The molecule has 0 bridgehead atoms. The van der Waals surface area contributed by atoms with Gasteiger partial charge in [0.1, 0.15) is 30.5 Å². The molecule has 0 aliphatic carbocycles. The van der Waals surface area contributed by atoms with Gasteiger partial charge in [-0.1, -0.05) is 6.07 Å². The Labute approximate surface area is 164 Å². The van der Waals surface area contributed by atoms with Crippen molar-refractivity contribution >= 4 is 11.5 Å². The van der Waals surface area contributed by atoms with E-state index in [1.807, 2.05) is 49.4 Å². The molecule has 0 atom stereocenters. The lowest BCUT2D eigenvalue weighted by molar-refractivity contribution is 0.217. The molecule has 6 nitrogen and oxygen atoms in total. The first kappa shape index (κ1) is 18.9. The summed E-state index contributed by atoms with van der Waals surface area (Å²) in [5.41, 5.74) is 5.38. The zero-order chi connectivity index (χ0) is 19.6. The number of benzene rings is 2. The number of aromatic nitrogens is 1. The molecular formula is C22H20N4O2. The van der Waals surface area contributed by atoms with Crippen molar-refractivity contribution in [2.24, 2.45) is 5.10 Å². The highest BCUT2D eigenvalue weighted by atomic mass is 16.5. The molecule has 0 saturated heterocycles. The van der Waals surface area contributed by atoms with Crippen LogP contribution >= 0.6 is 0 Å². The lowest BCUT2D eigenvalue weighted by Gasteiger charge is -2.09. The van der Waals surface area contributed by atoms with E-state index in [0.29, 0.717) is 30.3 Å². The molecule has 0 radical (unpaired) electrons.